The minimum atomic E-state index is -1.10. The second-order valence-corrected chi connectivity index (χ2v) is 8.38. The van der Waals surface area contributed by atoms with Crippen molar-refractivity contribution in [3.8, 4) is 5.75 Å². The van der Waals surface area contributed by atoms with Gasteiger partial charge in [0.15, 0.2) is 0 Å². The fourth-order valence-corrected chi connectivity index (χ4v) is 5.03. The summed E-state index contributed by atoms with van der Waals surface area (Å²) in [6, 6.07) is 18.4. The SMILES string of the molecule is O=C(O)c1ccc2c(c1C(=O)NCc1ccccc1)Cc1ccc(O)cc1C1CCC21. The van der Waals surface area contributed by atoms with E-state index in [0.717, 1.165) is 40.7 Å². The van der Waals surface area contributed by atoms with Gasteiger partial charge in [-0.3, -0.25) is 4.79 Å². The van der Waals surface area contributed by atoms with E-state index in [1.807, 2.05) is 48.5 Å². The lowest BCUT2D eigenvalue weighted by molar-refractivity contribution is 0.0690. The number of carboxylic acid groups (broad SMARTS) is 1. The third-order valence-corrected chi connectivity index (χ3v) is 6.67. The molecule has 2 atom stereocenters. The summed E-state index contributed by atoms with van der Waals surface area (Å²) in [5, 5.41) is 22.8. The summed E-state index contributed by atoms with van der Waals surface area (Å²) < 4.78 is 0. The third-order valence-electron chi connectivity index (χ3n) is 6.67. The fourth-order valence-electron chi connectivity index (χ4n) is 5.03. The van der Waals surface area contributed by atoms with Crippen molar-refractivity contribution < 1.29 is 19.8 Å². The van der Waals surface area contributed by atoms with Crippen molar-refractivity contribution in [2.24, 2.45) is 0 Å². The van der Waals surface area contributed by atoms with Gasteiger partial charge in [-0.05, 0) is 77.1 Å². The zero-order valence-corrected chi connectivity index (χ0v) is 17.0. The van der Waals surface area contributed by atoms with Crippen LogP contribution in [0.2, 0.25) is 0 Å². The number of carboxylic acids is 1. The molecule has 31 heavy (non-hydrogen) atoms. The molecule has 0 heterocycles. The van der Waals surface area contributed by atoms with Gasteiger partial charge < -0.3 is 15.5 Å². The first-order valence-electron chi connectivity index (χ1n) is 10.6. The predicted molar refractivity (Wildman–Crippen MR) is 117 cm³/mol. The number of hydrogen-bond donors (Lipinski definition) is 3. The molecule has 2 unspecified atom stereocenters. The Hall–Kier alpha value is -3.60. The third kappa shape index (κ3) is 3.36. The van der Waals surface area contributed by atoms with Gasteiger partial charge in [-0.25, -0.2) is 4.79 Å². The highest BCUT2D eigenvalue weighted by molar-refractivity contribution is 6.06. The predicted octanol–water partition coefficient (Wildman–Crippen LogP) is 4.59. The maximum Gasteiger partial charge on any atom is 0.336 e. The first-order valence-corrected chi connectivity index (χ1v) is 10.6. The second-order valence-electron chi connectivity index (χ2n) is 8.38. The van der Waals surface area contributed by atoms with Crippen molar-refractivity contribution in [1.82, 2.24) is 5.32 Å². The van der Waals surface area contributed by atoms with E-state index < -0.39 is 5.97 Å². The van der Waals surface area contributed by atoms with Crippen LogP contribution in [-0.4, -0.2) is 22.1 Å². The van der Waals surface area contributed by atoms with Crippen LogP contribution in [0.1, 0.15) is 73.2 Å². The number of carbonyl (C=O) groups excluding carboxylic acids is 1. The Morgan fingerprint density at radius 3 is 2.39 bits per heavy atom. The summed E-state index contributed by atoms with van der Waals surface area (Å²) >= 11 is 0. The molecule has 0 aliphatic heterocycles. The zero-order valence-electron chi connectivity index (χ0n) is 17.0. The average molecular weight is 413 g/mol. The van der Waals surface area contributed by atoms with Gasteiger partial charge in [-0.15, -0.1) is 0 Å². The number of phenolic OH excluding ortho intramolecular Hbond substituents is 1. The number of carbonyl (C=O) groups is 2. The summed E-state index contributed by atoms with van der Waals surface area (Å²) in [5.41, 5.74) is 5.25. The van der Waals surface area contributed by atoms with Gasteiger partial charge in [0.05, 0.1) is 11.1 Å². The molecule has 156 valence electrons. The number of fused-ring (bicyclic) bond motifs is 5. The number of aromatic carboxylic acids is 1. The molecule has 2 aliphatic carbocycles. The van der Waals surface area contributed by atoms with Crippen molar-refractivity contribution in [3.05, 3.63) is 99.6 Å². The standard InChI is InChI=1S/C26H23NO4/c28-17-7-6-16-12-23-20(18-8-9-19(18)22(16)13-17)10-11-21(26(30)31)24(23)25(29)27-14-15-4-2-1-3-5-15/h1-7,10-11,13,18-19,28H,8-9,12,14H2,(H,27,29)(H,30,31). The number of aromatic hydroxyl groups is 1. The first kappa shape index (κ1) is 19.4. The van der Waals surface area contributed by atoms with Crippen LogP contribution in [0.25, 0.3) is 0 Å². The molecule has 1 saturated carbocycles. The van der Waals surface area contributed by atoms with E-state index in [1.54, 1.807) is 12.1 Å². The van der Waals surface area contributed by atoms with Gasteiger partial charge in [0.2, 0.25) is 0 Å². The highest BCUT2D eigenvalue weighted by atomic mass is 16.4. The summed E-state index contributed by atoms with van der Waals surface area (Å²) in [7, 11) is 0. The van der Waals surface area contributed by atoms with Crippen LogP contribution in [-0.2, 0) is 13.0 Å². The molecule has 0 aromatic heterocycles. The molecule has 0 bridgehead atoms. The van der Waals surface area contributed by atoms with E-state index in [-0.39, 0.29) is 28.7 Å². The summed E-state index contributed by atoms with van der Waals surface area (Å²) in [5.74, 6) is -0.701. The fraction of sp³-hybridized carbons (Fsp3) is 0.231. The van der Waals surface area contributed by atoms with Crippen LogP contribution >= 0.6 is 0 Å². The highest BCUT2D eigenvalue weighted by Crippen LogP contribution is 2.54. The molecule has 5 nitrogen and oxygen atoms in total. The monoisotopic (exact) mass is 413 g/mol. The van der Waals surface area contributed by atoms with Gasteiger partial charge in [0.25, 0.3) is 5.91 Å². The second kappa shape index (κ2) is 7.58. The maximum atomic E-state index is 13.3. The quantitative estimate of drug-likeness (QED) is 0.584. The molecule has 5 heteroatoms. The van der Waals surface area contributed by atoms with Crippen LogP contribution in [0.4, 0.5) is 0 Å². The van der Waals surface area contributed by atoms with E-state index >= 15 is 0 Å². The molecule has 1 amide bonds. The highest BCUT2D eigenvalue weighted by Gasteiger charge is 2.40. The van der Waals surface area contributed by atoms with Crippen molar-refractivity contribution in [3.63, 3.8) is 0 Å². The maximum absolute atomic E-state index is 13.3. The molecule has 5 rings (SSSR count). The Balaban J connectivity index is 1.59. The minimum Gasteiger partial charge on any atom is -0.508 e. The van der Waals surface area contributed by atoms with E-state index in [0.29, 0.717) is 18.9 Å². The van der Waals surface area contributed by atoms with Crippen LogP contribution in [0.15, 0.2) is 60.7 Å². The number of hydrogen-bond acceptors (Lipinski definition) is 3. The summed E-state index contributed by atoms with van der Waals surface area (Å²) in [4.78, 5) is 25.3. The van der Waals surface area contributed by atoms with Crippen molar-refractivity contribution >= 4 is 11.9 Å². The van der Waals surface area contributed by atoms with Crippen LogP contribution in [0.3, 0.4) is 0 Å². The Morgan fingerprint density at radius 1 is 0.935 bits per heavy atom. The number of nitrogens with one attached hydrogen (secondary N) is 1. The average Bonchev–Trinajstić information content (AvgIpc) is 2.82. The van der Waals surface area contributed by atoms with Crippen molar-refractivity contribution in [1.29, 1.82) is 0 Å². The first-order chi connectivity index (χ1) is 15.0. The van der Waals surface area contributed by atoms with Gasteiger partial charge in [0, 0.05) is 6.54 Å². The lowest BCUT2D eigenvalue weighted by Gasteiger charge is -2.37. The summed E-state index contributed by atoms with van der Waals surface area (Å²) in [6.45, 7) is 0.332. The number of amides is 1. The van der Waals surface area contributed by atoms with Gasteiger partial charge in [0.1, 0.15) is 5.75 Å². The van der Waals surface area contributed by atoms with E-state index in [9.17, 15) is 19.8 Å². The number of benzene rings is 3. The lowest BCUT2D eigenvalue weighted by Crippen LogP contribution is -2.28. The minimum absolute atomic E-state index is 0.0300. The van der Waals surface area contributed by atoms with Gasteiger partial charge in [-0.1, -0.05) is 42.5 Å². The lowest BCUT2D eigenvalue weighted by atomic mass is 9.66. The molecular weight excluding hydrogens is 390 g/mol. The molecule has 0 spiro atoms. The van der Waals surface area contributed by atoms with E-state index in [4.69, 9.17) is 0 Å². The zero-order chi connectivity index (χ0) is 21.5. The Labute approximate surface area is 180 Å². The summed E-state index contributed by atoms with van der Waals surface area (Å²) in [6.07, 6.45) is 2.49. The van der Waals surface area contributed by atoms with Crippen LogP contribution < -0.4 is 5.32 Å². The van der Waals surface area contributed by atoms with Crippen molar-refractivity contribution in [2.75, 3.05) is 0 Å². The van der Waals surface area contributed by atoms with E-state index in [2.05, 4.69) is 5.32 Å². The molecule has 2 aliphatic rings. The van der Waals surface area contributed by atoms with Crippen LogP contribution in [0, 0.1) is 0 Å². The Morgan fingerprint density at radius 2 is 1.68 bits per heavy atom. The Kier molecular flexibility index (Phi) is 4.74. The largest absolute Gasteiger partial charge is 0.508 e. The smallest absolute Gasteiger partial charge is 0.336 e. The molecule has 1 fully saturated rings. The number of rotatable bonds is 4. The molecule has 3 N–H and O–H groups in total. The van der Waals surface area contributed by atoms with Crippen molar-refractivity contribution in [2.45, 2.75) is 37.6 Å². The normalized spacial score (nSPS) is 18.6. The number of phenols is 1. The van der Waals surface area contributed by atoms with Gasteiger partial charge >= 0.3 is 5.97 Å². The van der Waals surface area contributed by atoms with E-state index in [1.165, 1.54) is 0 Å². The molecular formula is C26H23NO4. The van der Waals surface area contributed by atoms with Gasteiger partial charge in [-0.2, -0.15) is 0 Å². The molecule has 0 saturated heterocycles. The Bertz CT molecular complexity index is 1190. The van der Waals surface area contributed by atoms with Crippen LogP contribution in [0.5, 0.6) is 5.75 Å². The molecule has 3 aromatic carbocycles. The topological polar surface area (TPSA) is 86.6 Å². The molecule has 0 radical (unpaired) electrons. The molecule has 3 aromatic rings.